The predicted octanol–water partition coefficient (Wildman–Crippen LogP) is 4.54. The third kappa shape index (κ3) is 7.72. The fraction of sp³-hybridized carbons (Fsp3) is 0.310. The molecule has 11 heteroatoms. The molecule has 0 fully saturated rings. The van der Waals surface area contributed by atoms with Crippen LogP contribution in [-0.4, -0.2) is 65.9 Å². The highest BCUT2D eigenvalue weighted by Crippen LogP contribution is 2.38. The summed E-state index contributed by atoms with van der Waals surface area (Å²) in [5.74, 6) is 0.800. The van der Waals surface area contributed by atoms with Crippen LogP contribution in [0.5, 0.6) is 17.2 Å². The molecule has 10 nitrogen and oxygen atoms in total. The van der Waals surface area contributed by atoms with Gasteiger partial charge in [-0.25, -0.2) is 4.79 Å². The number of carbonyl (C=O) groups excluding carboxylic acids is 1. The molecule has 3 rings (SSSR count). The summed E-state index contributed by atoms with van der Waals surface area (Å²) in [5.41, 5.74) is 1.22. The van der Waals surface area contributed by atoms with E-state index in [1.54, 1.807) is 18.2 Å². The molecule has 0 radical (unpaired) electrons. The number of nitriles is 1. The largest absolute Gasteiger partial charge is 0.493 e. The lowest BCUT2D eigenvalue weighted by Crippen LogP contribution is -2.45. The number of benzene rings is 3. The molecule has 0 amide bonds. The molecule has 0 saturated carbocycles. The maximum atomic E-state index is 12.8. The van der Waals surface area contributed by atoms with E-state index in [2.05, 4.69) is 24.0 Å². The summed E-state index contributed by atoms with van der Waals surface area (Å²) in [7, 11) is 4.33. The molecule has 3 aromatic carbocycles. The van der Waals surface area contributed by atoms with Crippen LogP contribution in [0.15, 0.2) is 71.6 Å². The Bertz CT molecular complexity index is 1410. The number of rotatable bonds is 10. The predicted molar refractivity (Wildman–Crippen MR) is 149 cm³/mol. The first kappa shape index (κ1) is 32.1. The summed E-state index contributed by atoms with van der Waals surface area (Å²) >= 11 is 0. The Hall–Kier alpha value is -4.11. The Morgan fingerprint density at radius 3 is 2.00 bits per heavy atom. The van der Waals surface area contributed by atoms with Gasteiger partial charge in [-0.15, -0.1) is 0 Å². The lowest BCUT2D eigenvalue weighted by Gasteiger charge is -2.39. The number of ether oxygens (including phenoxy) is 4. The normalized spacial score (nSPS) is 12.3. The summed E-state index contributed by atoms with van der Waals surface area (Å²) < 4.78 is 51.4. The van der Waals surface area contributed by atoms with E-state index in [1.165, 1.54) is 39.5 Å². The van der Waals surface area contributed by atoms with Crippen molar-refractivity contribution in [1.29, 1.82) is 5.26 Å². The Morgan fingerprint density at radius 1 is 0.950 bits per heavy atom. The van der Waals surface area contributed by atoms with Crippen LogP contribution in [0, 0.1) is 11.3 Å². The van der Waals surface area contributed by atoms with E-state index in [0.29, 0.717) is 22.8 Å². The van der Waals surface area contributed by atoms with Crippen LogP contribution < -0.4 is 14.2 Å². The van der Waals surface area contributed by atoms with Crippen LogP contribution in [0.2, 0.25) is 0 Å². The molecular formula is C29H34N2O8S. The lowest BCUT2D eigenvalue weighted by molar-refractivity contribution is 0.0119. The van der Waals surface area contributed by atoms with Gasteiger partial charge in [-0.05, 0) is 56.4 Å². The molecule has 0 bridgehead atoms. The zero-order valence-corrected chi connectivity index (χ0v) is 24.2. The van der Waals surface area contributed by atoms with Gasteiger partial charge in [0.05, 0.1) is 49.0 Å². The van der Waals surface area contributed by atoms with Crippen LogP contribution in [0.3, 0.4) is 0 Å². The molecule has 1 atom stereocenters. The quantitative estimate of drug-likeness (QED) is 0.273. The van der Waals surface area contributed by atoms with E-state index in [0.717, 1.165) is 18.1 Å². The van der Waals surface area contributed by atoms with Crippen molar-refractivity contribution in [3.05, 3.63) is 83.4 Å². The van der Waals surface area contributed by atoms with Crippen molar-refractivity contribution in [2.75, 3.05) is 42.0 Å². The van der Waals surface area contributed by atoms with E-state index >= 15 is 0 Å². The second-order valence-corrected chi connectivity index (χ2v) is 10.2. The summed E-state index contributed by atoms with van der Waals surface area (Å²) in [4.78, 5) is 14.6. The average Bonchev–Trinajstić information content (AvgIpc) is 2.97. The first-order chi connectivity index (χ1) is 19.0. The maximum absolute atomic E-state index is 12.8. The molecule has 0 aliphatic heterocycles. The van der Waals surface area contributed by atoms with E-state index < -0.39 is 21.6 Å². The number of likely N-dealkylation sites (N-methyl/N-ethyl adjacent to an activating group) is 1. The van der Waals surface area contributed by atoms with Crippen LogP contribution in [0.4, 0.5) is 0 Å². The Morgan fingerprint density at radius 2 is 1.55 bits per heavy atom. The minimum absolute atomic E-state index is 0.199. The number of hydrogen-bond donors (Lipinski definition) is 1. The topological polar surface area (TPSA) is 135 Å². The smallest absolute Gasteiger partial charge is 0.338 e. The van der Waals surface area contributed by atoms with Gasteiger partial charge in [0.25, 0.3) is 10.1 Å². The third-order valence-electron chi connectivity index (χ3n) is 6.36. The lowest BCUT2D eigenvalue weighted by atomic mass is 9.87. The number of hydrogen-bond acceptors (Lipinski definition) is 9. The van der Waals surface area contributed by atoms with E-state index in [4.69, 9.17) is 28.8 Å². The summed E-state index contributed by atoms with van der Waals surface area (Å²) in [5, 5.41) is 8.40. The number of methoxy groups -OCH3 is 3. The van der Waals surface area contributed by atoms with Crippen molar-refractivity contribution in [3.8, 4) is 23.3 Å². The van der Waals surface area contributed by atoms with Gasteiger partial charge in [-0.3, -0.25) is 9.45 Å². The molecule has 214 valence electrons. The van der Waals surface area contributed by atoms with Crippen molar-refractivity contribution < 1.29 is 36.7 Å². The molecule has 1 unspecified atom stereocenters. The number of carbonyl (C=O) groups is 1. The molecule has 0 aliphatic rings. The Kier molecular flexibility index (Phi) is 11.5. The van der Waals surface area contributed by atoms with E-state index in [-0.39, 0.29) is 17.1 Å². The van der Waals surface area contributed by atoms with Gasteiger partial charge in [0.2, 0.25) is 5.75 Å². The fourth-order valence-electron chi connectivity index (χ4n) is 4.03. The molecule has 0 spiro atoms. The van der Waals surface area contributed by atoms with Crippen LogP contribution in [0.1, 0.15) is 34.8 Å². The van der Waals surface area contributed by atoms with Gasteiger partial charge in [-0.2, -0.15) is 13.7 Å². The minimum Gasteiger partial charge on any atom is -0.493 e. The highest BCUT2D eigenvalue weighted by molar-refractivity contribution is 7.85. The number of esters is 1. The SMILES string of the molecule is CCC(COC(=O)c1cc(OC)c(OC)c(OC)c1)(c1ccccc1)N(C)C.N#Cc1cccc(S(=O)(=O)O)c1. The maximum Gasteiger partial charge on any atom is 0.338 e. The van der Waals surface area contributed by atoms with Crippen molar-refractivity contribution in [3.63, 3.8) is 0 Å². The molecule has 40 heavy (non-hydrogen) atoms. The highest BCUT2D eigenvalue weighted by atomic mass is 32.2. The zero-order valence-electron chi connectivity index (χ0n) is 23.4. The molecule has 0 aromatic heterocycles. The van der Waals surface area contributed by atoms with Gasteiger partial charge in [0.1, 0.15) is 6.61 Å². The molecule has 0 saturated heterocycles. The van der Waals surface area contributed by atoms with E-state index in [9.17, 15) is 13.2 Å². The van der Waals surface area contributed by atoms with Gasteiger partial charge < -0.3 is 18.9 Å². The molecular weight excluding hydrogens is 536 g/mol. The first-order valence-electron chi connectivity index (χ1n) is 12.1. The molecule has 3 aromatic rings. The van der Waals surface area contributed by atoms with Crippen molar-refractivity contribution in [1.82, 2.24) is 4.90 Å². The van der Waals surface area contributed by atoms with Gasteiger partial charge in [0.15, 0.2) is 11.5 Å². The van der Waals surface area contributed by atoms with Crippen molar-refractivity contribution >= 4 is 16.1 Å². The van der Waals surface area contributed by atoms with Crippen LogP contribution >= 0.6 is 0 Å². The van der Waals surface area contributed by atoms with E-state index in [1.807, 2.05) is 32.3 Å². The second kappa shape index (κ2) is 14.3. The standard InChI is InChI=1S/C22H29NO5.C7H5NO3S/c1-7-22(23(2)3,17-11-9-8-10-12-17)15-28-21(24)16-13-18(25-4)20(27-6)19(14-16)26-5;8-5-6-2-1-3-7(4-6)12(9,10)11/h8-14H,7,15H2,1-6H3;1-4H,(H,9,10,11). The van der Waals surface area contributed by atoms with Gasteiger partial charge in [-0.1, -0.05) is 43.3 Å². The zero-order chi connectivity index (χ0) is 29.9. The molecule has 1 N–H and O–H groups in total. The fourth-order valence-corrected chi connectivity index (χ4v) is 4.56. The number of nitrogens with zero attached hydrogens (tertiary/aromatic N) is 2. The highest BCUT2D eigenvalue weighted by Gasteiger charge is 2.35. The van der Waals surface area contributed by atoms with Gasteiger partial charge in [0, 0.05) is 0 Å². The van der Waals surface area contributed by atoms with Crippen LogP contribution in [-0.2, 0) is 20.4 Å². The summed E-state index contributed by atoms with van der Waals surface area (Å²) in [6.45, 7) is 2.30. The van der Waals surface area contributed by atoms with Gasteiger partial charge >= 0.3 is 5.97 Å². The molecule has 0 aliphatic carbocycles. The Balaban J connectivity index is 0.000000389. The first-order valence-corrected chi connectivity index (χ1v) is 13.6. The second-order valence-electron chi connectivity index (χ2n) is 8.75. The minimum atomic E-state index is -4.19. The van der Waals surface area contributed by atoms with Crippen molar-refractivity contribution in [2.45, 2.75) is 23.8 Å². The monoisotopic (exact) mass is 570 g/mol. The summed E-state index contributed by atoms with van der Waals surface area (Å²) in [6.07, 6.45) is 0.784. The average molecular weight is 571 g/mol. The Labute approximate surface area is 235 Å². The van der Waals surface area contributed by atoms with Crippen LogP contribution in [0.25, 0.3) is 0 Å². The third-order valence-corrected chi connectivity index (χ3v) is 7.21. The molecule has 0 heterocycles. The summed E-state index contributed by atoms with van der Waals surface area (Å²) in [6, 6.07) is 20.2. The van der Waals surface area contributed by atoms with Crippen molar-refractivity contribution in [2.24, 2.45) is 0 Å².